The Balaban J connectivity index is 1.26. The second-order valence-electron chi connectivity index (χ2n) is 12.7. The Bertz CT molecular complexity index is 2980. The molecule has 0 amide bonds. The number of fused-ring (bicyclic) bond motifs is 12. The average Bonchev–Trinajstić information content (AvgIpc) is 3.18. The zero-order valence-corrected chi connectivity index (χ0v) is 26.5. The van der Waals surface area contributed by atoms with Crippen molar-refractivity contribution >= 4 is 59.6 Å². The maximum atomic E-state index is 14.4. The highest BCUT2D eigenvalue weighted by molar-refractivity contribution is 6.25. The summed E-state index contributed by atoms with van der Waals surface area (Å²) in [4.78, 5) is 19.2. The largest absolute Gasteiger partial charge is 0.292 e. The highest BCUT2D eigenvalue weighted by Crippen LogP contribution is 2.39. The van der Waals surface area contributed by atoms with Crippen LogP contribution in [0.25, 0.3) is 93.2 Å². The molecule has 3 heteroatoms. The van der Waals surface area contributed by atoms with Crippen LogP contribution in [0.1, 0.15) is 0 Å². The van der Waals surface area contributed by atoms with Gasteiger partial charge in [-0.05, 0) is 78.2 Å². The zero-order chi connectivity index (χ0) is 32.5. The molecule has 3 nitrogen and oxygen atoms in total. The summed E-state index contributed by atoms with van der Waals surface area (Å²) in [6, 6.07) is 59.2. The lowest BCUT2D eigenvalue weighted by Crippen LogP contribution is -2.16. The van der Waals surface area contributed by atoms with E-state index in [9.17, 15) is 4.79 Å². The Morgan fingerprint density at radius 2 is 0.857 bits per heavy atom. The highest BCUT2D eigenvalue weighted by Gasteiger charge is 2.21. The fraction of sp³-hybridized carbons (Fsp3) is 0. The minimum atomic E-state index is -0.243. The van der Waals surface area contributed by atoms with Crippen molar-refractivity contribution in [3.8, 4) is 33.5 Å². The van der Waals surface area contributed by atoms with E-state index in [-0.39, 0.29) is 5.56 Å². The lowest BCUT2D eigenvalue weighted by Gasteiger charge is -2.19. The van der Waals surface area contributed by atoms with Gasteiger partial charge in [0.2, 0.25) is 0 Å². The fourth-order valence-electron chi connectivity index (χ4n) is 7.82. The minimum absolute atomic E-state index is 0.243. The zero-order valence-electron chi connectivity index (χ0n) is 26.5. The van der Waals surface area contributed by atoms with E-state index in [0.29, 0.717) is 11.2 Å². The van der Waals surface area contributed by atoms with Gasteiger partial charge in [0.05, 0.1) is 16.8 Å². The first kappa shape index (κ1) is 27.5. The summed E-state index contributed by atoms with van der Waals surface area (Å²) in [7, 11) is 0. The third-order valence-electron chi connectivity index (χ3n) is 9.97. The van der Waals surface area contributed by atoms with Gasteiger partial charge in [0.25, 0.3) is 5.56 Å². The van der Waals surface area contributed by atoms with Gasteiger partial charge in [0.15, 0.2) is 0 Å². The normalized spacial score (nSPS) is 11.8. The molecular weight excluding hydrogens is 597 g/mol. The quantitative estimate of drug-likeness (QED) is 0.183. The fourth-order valence-corrected chi connectivity index (χ4v) is 7.82. The molecule has 0 saturated heterocycles. The van der Waals surface area contributed by atoms with Gasteiger partial charge in [-0.15, -0.1) is 0 Å². The molecule has 0 saturated carbocycles. The summed E-state index contributed by atoms with van der Waals surface area (Å²) < 4.78 is 2.18. The van der Waals surface area contributed by atoms with Crippen molar-refractivity contribution in [2.75, 3.05) is 0 Å². The van der Waals surface area contributed by atoms with Crippen molar-refractivity contribution in [3.05, 3.63) is 180 Å². The van der Waals surface area contributed by atoms with Crippen LogP contribution in [0.2, 0.25) is 0 Å². The van der Waals surface area contributed by atoms with Crippen molar-refractivity contribution in [2.45, 2.75) is 0 Å². The Hall–Kier alpha value is -6.58. The SMILES string of the molecule is O=c1nc2c3ccccc3c3ccccc3n2c(-c2ccccc2)c1-c1cccc(-c2ccc3c4ccccc4c4ccccc4c3c2)c1. The molecule has 10 aromatic rings. The van der Waals surface area contributed by atoms with Crippen LogP contribution in [0.3, 0.4) is 0 Å². The molecule has 228 valence electrons. The molecule has 49 heavy (non-hydrogen) atoms. The van der Waals surface area contributed by atoms with Gasteiger partial charge in [-0.1, -0.05) is 152 Å². The van der Waals surface area contributed by atoms with Crippen LogP contribution in [0.4, 0.5) is 0 Å². The summed E-state index contributed by atoms with van der Waals surface area (Å²) in [6.45, 7) is 0. The van der Waals surface area contributed by atoms with Gasteiger partial charge in [0, 0.05) is 10.8 Å². The van der Waals surface area contributed by atoms with Crippen LogP contribution >= 0.6 is 0 Å². The maximum Gasteiger partial charge on any atom is 0.281 e. The lowest BCUT2D eigenvalue weighted by molar-refractivity contribution is 1.13. The van der Waals surface area contributed by atoms with E-state index in [1.807, 2.05) is 36.4 Å². The summed E-state index contributed by atoms with van der Waals surface area (Å²) in [5.41, 5.74) is 6.79. The second-order valence-corrected chi connectivity index (χ2v) is 12.7. The predicted molar refractivity (Wildman–Crippen MR) is 205 cm³/mol. The van der Waals surface area contributed by atoms with Gasteiger partial charge in [-0.3, -0.25) is 9.20 Å². The van der Waals surface area contributed by atoms with Crippen LogP contribution in [0, 0.1) is 0 Å². The molecule has 0 bridgehead atoms. The second kappa shape index (κ2) is 10.7. The van der Waals surface area contributed by atoms with E-state index in [1.165, 1.54) is 32.3 Å². The molecule has 0 atom stereocenters. The molecule has 0 aliphatic heterocycles. The molecule has 0 N–H and O–H groups in total. The van der Waals surface area contributed by atoms with Gasteiger partial charge in [-0.2, -0.15) is 4.98 Å². The Labute approximate surface area is 282 Å². The van der Waals surface area contributed by atoms with Crippen LogP contribution in [0.15, 0.2) is 175 Å². The summed E-state index contributed by atoms with van der Waals surface area (Å²) >= 11 is 0. The molecule has 8 aromatic carbocycles. The summed E-state index contributed by atoms with van der Waals surface area (Å²) in [6.07, 6.45) is 0. The van der Waals surface area contributed by atoms with Crippen molar-refractivity contribution in [1.82, 2.24) is 9.38 Å². The van der Waals surface area contributed by atoms with Crippen molar-refractivity contribution in [2.24, 2.45) is 0 Å². The first-order valence-electron chi connectivity index (χ1n) is 16.6. The Morgan fingerprint density at radius 3 is 1.55 bits per heavy atom. The molecule has 0 fully saturated rings. The molecule has 0 unspecified atom stereocenters. The van der Waals surface area contributed by atoms with Crippen LogP contribution in [0.5, 0.6) is 0 Å². The molecule has 10 rings (SSSR count). The number of pyridine rings is 1. The topological polar surface area (TPSA) is 34.4 Å². The molecular formula is C46H28N2O. The molecule has 0 aliphatic rings. The third-order valence-corrected chi connectivity index (χ3v) is 9.97. The van der Waals surface area contributed by atoms with Gasteiger partial charge in [0.1, 0.15) is 5.65 Å². The van der Waals surface area contributed by atoms with E-state index < -0.39 is 0 Å². The van der Waals surface area contributed by atoms with Gasteiger partial charge >= 0.3 is 0 Å². The smallest absolute Gasteiger partial charge is 0.281 e. The van der Waals surface area contributed by atoms with E-state index >= 15 is 0 Å². The number of nitrogens with zero attached hydrogens (tertiary/aromatic N) is 2. The number of rotatable bonds is 3. The standard InChI is InChI=1S/C46H28N2O/c49-46-43(44(29-13-2-1-3-14-29)48-42-24-11-10-22-39(42)37-21-8-9-23-40(37)45(48)47-46)32-16-12-15-30(27-32)31-25-26-38-35-19-5-4-17-33(35)34-18-6-7-20-36(34)41(38)28-31/h1-28H. The minimum Gasteiger partial charge on any atom is -0.292 e. The summed E-state index contributed by atoms with van der Waals surface area (Å²) in [5, 5.41) is 10.6. The van der Waals surface area contributed by atoms with Gasteiger partial charge in [-0.25, -0.2) is 0 Å². The van der Waals surface area contributed by atoms with E-state index in [4.69, 9.17) is 4.98 Å². The third kappa shape index (κ3) is 4.16. The van der Waals surface area contributed by atoms with Gasteiger partial charge < -0.3 is 0 Å². The van der Waals surface area contributed by atoms with Crippen molar-refractivity contribution in [1.29, 1.82) is 0 Å². The number of hydrogen-bond donors (Lipinski definition) is 0. The molecule has 0 aliphatic carbocycles. The number of hydrogen-bond acceptors (Lipinski definition) is 2. The first-order valence-corrected chi connectivity index (χ1v) is 16.6. The van der Waals surface area contributed by atoms with E-state index in [0.717, 1.165) is 49.6 Å². The predicted octanol–water partition coefficient (Wildman–Crippen LogP) is 11.5. The summed E-state index contributed by atoms with van der Waals surface area (Å²) in [5.74, 6) is 0. The maximum absolute atomic E-state index is 14.4. The highest BCUT2D eigenvalue weighted by atomic mass is 16.1. The van der Waals surface area contributed by atoms with E-state index in [1.54, 1.807) is 0 Å². The number of aromatic nitrogens is 2. The lowest BCUT2D eigenvalue weighted by atomic mass is 9.91. The molecule has 0 radical (unpaired) electrons. The molecule has 2 heterocycles. The van der Waals surface area contributed by atoms with Crippen molar-refractivity contribution < 1.29 is 0 Å². The van der Waals surface area contributed by atoms with Crippen LogP contribution in [-0.2, 0) is 0 Å². The first-order chi connectivity index (χ1) is 24.2. The number of benzene rings is 8. The molecule has 2 aromatic heterocycles. The average molecular weight is 625 g/mol. The monoisotopic (exact) mass is 624 g/mol. The van der Waals surface area contributed by atoms with E-state index in [2.05, 4.69) is 138 Å². The van der Waals surface area contributed by atoms with Crippen molar-refractivity contribution in [3.63, 3.8) is 0 Å². The van der Waals surface area contributed by atoms with Crippen LogP contribution in [-0.4, -0.2) is 9.38 Å². The Kier molecular flexibility index (Phi) is 6.03. The Morgan fingerprint density at radius 1 is 0.367 bits per heavy atom. The van der Waals surface area contributed by atoms with Crippen LogP contribution < -0.4 is 5.56 Å². The molecule has 0 spiro atoms. The number of para-hydroxylation sites is 1.